The van der Waals surface area contributed by atoms with Crippen LogP contribution in [0.15, 0.2) is 12.4 Å². The van der Waals surface area contributed by atoms with Crippen LogP contribution >= 0.6 is 11.6 Å². The smallest absolute Gasteiger partial charge is 0.344 e. The molecule has 1 saturated heterocycles. The SMILES string of the molecule is CCCCc1nc(Cl)c(CN2CCCC(c3cc(C(F)(F)F)n4ncnc4n3)C2)[nH]1. The molecule has 30 heavy (non-hydrogen) atoms. The number of rotatable bonds is 6. The molecule has 0 amide bonds. The van der Waals surface area contributed by atoms with Crippen molar-refractivity contribution in [1.82, 2.24) is 34.4 Å². The van der Waals surface area contributed by atoms with Gasteiger partial charge in [-0.1, -0.05) is 24.9 Å². The lowest BCUT2D eigenvalue weighted by atomic mass is 9.94. The number of alkyl halides is 3. The second-order valence-corrected chi connectivity index (χ2v) is 8.02. The van der Waals surface area contributed by atoms with Crippen molar-refractivity contribution in [2.24, 2.45) is 0 Å². The van der Waals surface area contributed by atoms with E-state index in [1.54, 1.807) is 0 Å². The molecule has 1 unspecified atom stereocenters. The number of H-pyrrole nitrogens is 1. The number of piperidine rings is 1. The Morgan fingerprint density at radius 3 is 2.90 bits per heavy atom. The van der Waals surface area contributed by atoms with Crippen LogP contribution in [0.5, 0.6) is 0 Å². The molecule has 1 fully saturated rings. The first kappa shape index (κ1) is 21.0. The Balaban J connectivity index is 1.53. The average Bonchev–Trinajstić information content (AvgIpc) is 3.31. The van der Waals surface area contributed by atoms with Gasteiger partial charge in [0.05, 0.1) is 11.4 Å². The normalized spacial score (nSPS) is 18.4. The molecular weight excluding hydrogens is 419 g/mol. The van der Waals surface area contributed by atoms with E-state index in [0.717, 1.165) is 67.1 Å². The zero-order valence-corrected chi connectivity index (χ0v) is 17.3. The van der Waals surface area contributed by atoms with Crippen molar-refractivity contribution in [3.8, 4) is 0 Å². The molecule has 11 heteroatoms. The molecular formula is C19H23ClF3N7. The number of aromatic amines is 1. The highest BCUT2D eigenvalue weighted by atomic mass is 35.5. The van der Waals surface area contributed by atoms with Gasteiger partial charge in [0.15, 0.2) is 10.8 Å². The molecule has 0 bridgehead atoms. The number of unbranched alkanes of at least 4 members (excludes halogenated alkanes) is 1. The quantitative estimate of drug-likeness (QED) is 0.619. The minimum absolute atomic E-state index is 0.0332. The monoisotopic (exact) mass is 441 g/mol. The van der Waals surface area contributed by atoms with E-state index in [0.29, 0.717) is 23.9 Å². The first-order valence-electron chi connectivity index (χ1n) is 10.1. The van der Waals surface area contributed by atoms with E-state index in [2.05, 4.69) is 36.9 Å². The lowest BCUT2D eigenvalue weighted by Crippen LogP contribution is -2.34. The minimum atomic E-state index is -4.53. The first-order valence-corrected chi connectivity index (χ1v) is 10.5. The van der Waals surface area contributed by atoms with Gasteiger partial charge < -0.3 is 4.98 Å². The average molecular weight is 442 g/mol. The number of nitrogens with zero attached hydrogens (tertiary/aromatic N) is 6. The predicted octanol–water partition coefficient (Wildman–Crippen LogP) is 4.24. The summed E-state index contributed by atoms with van der Waals surface area (Å²) < 4.78 is 41.2. The maximum absolute atomic E-state index is 13.5. The van der Waals surface area contributed by atoms with Crippen molar-refractivity contribution < 1.29 is 13.2 Å². The Kier molecular flexibility index (Phi) is 5.97. The maximum Gasteiger partial charge on any atom is 0.433 e. The Hall–Kier alpha value is -2.20. The molecule has 0 radical (unpaired) electrons. The van der Waals surface area contributed by atoms with E-state index in [1.165, 1.54) is 0 Å². The van der Waals surface area contributed by atoms with Crippen molar-refractivity contribution in [2.75, 3.05) is 13.1 Å². The third-order valence-corrected chi connectivity index (χ3v) is 5.72. The summed E-state index contributed by atoms with van der Waals surface area (Å²) in [5.41, 5.74) is 0.390. The molecule has 1 atom stereocenters. The van der Waals surface area contributed by atoms with Crippen molar-refractivity contribution in [3.05, 3.63) is 40.5 Å². The van der Waals surface area contributed by atoms with Gasteiger partial charge in [-0.05, 0) is 31.9 Å². The number of likely N-dealkylation sites (tertiary alicyclic amines) is 1. The van der Waals surface area contributed by atoms with Crippen LogP contribution in [-0.2, 0) is 19.1 Å². The fourth-order valence-corrected chi connectivity index (χ4v) is 4.12. The van der Waals surface area contributed by atoms with Gasteiger partial charge in [0.25, 0.3) is 5.78 Å². The number of hydrogen-bond acceptors (Lipinski definition) is 5. The number of hydrogen-bond donors (Lipinski definition) is 1. The van der Waals surface area contributed by atoms with E-state index < -0.39 is 11.9 Å². The summed E-state index contributed by atoms with van der Waals surface area (Å²) >= 11 is 6.30. The zero-order valence-electron chi connectivity index (χ0n) is 16.6. The third kappa shape index (κ3) is 4.44. The van der Waals surface area contributed by atoms with Crippen LogP contribution < -0.4 is 0 Å². The third-order valence-electron chi connectivity index (χ3n) is 5.41. The van der Waals surface area contributed by atoms with Gasteiger partial charge in [-0.25, -0.2) is 9.97 Å². The molecule has 0 spiro atoms. The second kappa shape index (κ2) is 8.50. The Labute approximate surface area is 176 Å². The topological polar surface area (TPSA) is 75.0 Å². The van der Waals surface area contributed by atoms with Crippen molar-refractivity contribution in [3.63, 3.8) is 0 Å². The number of nitrogens with one attached hydrogen (secondary N) is 1. The van der Waals surface area contributed by atoms with E-state index >= 15 is 0 Å². The second-order valence-electron chi connectivity index (χ2n) is 7.67. The number of aryl methyl sites for hydroxylation is 1. The van der Waals surface area contributed by atoms with Crippen LogP contribution in [0.2, 0.25) is 5.15 Å². The van der Waals surface area contributed by atoms with E-state index in [1.807, 2.05) is 0 Å². The minimum Gasteiger partial charge on any atom is -0.344 e. The standard InChI is InChI=1S/C19H23ClF3N7/c1-2-3-6-16-26-14(17(20)28-16)10-29-7-4-5-12(9-29)13-8-15(19(21,22)23)30-18(27-13)24-11-25-30/h8,11-12H,2-7,9-10H2,1H3,(H,26,28). The number of halogens is 4. The fraction of sp³-hybridized carbons (Fsp3) is 0.579. The summed E-state index contributed by atoms with van der Waals surface area (Å²) in [6, 6.07) is 1.10. The Morgan fingerprint density at radius 2 is 2.13 bits per heavy atom. The summed E-state index contributed by atoms with van der Waals surface area (Å²) in [5.74, 6) is 0.719. The summed E-state index contributed by atoms with van der Waals surface area (Å²) in [6.45, 7) is 4.13. The highest BCUT2D eigenvalue weighted by Crippen LogP contribution is 2.33. The van der Waals surface area contributed by atoms with E-state index in [-0.39, 0.29) is 11.7 Å². The summed E-state index contributed by atoms with van der Waals surface area (Å²) in [4.78, 5) is 18.1. The van der Waals surface area contributed by atoms with Crippen LogP contribution in [0.1, 0.15) is 61.4 Å². The lowest BCUT2D eigenvalue weighted by Gasteiger charge is -2.32. The van der Waals surface area contributed by atoms with Gasteiger partial charge in [-0.3, -0.25) is 4.90 Å². The zero-order chi connectivity index (χ0) is 21.3. The van der Waals surface area contributed by atoms with Crippen molar-refractivity contribution >= 4 is 17.4 Å². The summed E-state index contributed by atoms with van der Waals surface area (Å²) in [5, 5.41) is 4.13. The van der Waals surface area contributed by atoms with Crippen molar-refractivity contribution in [1.29, 1.82) is 0 Å². The number of fused-ring (bicyclic) bond motifs is 1. The largest absolute Gasteiger partial charge is 0.433 e. The molecule has 1 N–H and O–H groups in total. The molecule has 162 valence electrons. The number of aromatic nitrogens is 6. The molecule has 4 rings (SSSR count). The number of imidazole rings is 1. The molecule has 1 aliphatic heterocycles. The summed E-state index contributed by atoms with van der Waals surface area (Å²) in [6.07, 6.45) is 1.14. The van der Waals surface area contributed by atoms with Gasteiger partial charge >= 0.3 is 6.18 Å². The molecule has 0 saturated carbocycles. The van der Waals surface area contributed by atoms with E-state index in [4.69, 9.17) is 11.6 Å². The van der Waals surface area contributed by atoms with Crippen LogP contribution in [0.3, 0.4) is 0 Å². The van der Waals surface area contributed by atoms with Crippen LogP contribution in [0.25, 0.3) is 5.78 Å². The molecule has 3 aromatic heterocycles. The van der Waals surface area contributed by atoms with Gasteiger partial charge in [-0.15, -0.1) is 0 Å². The molecule has 0 aromatic carbocycles. The van der Waals surface area contributed by atoms with Gasteiger partial charge in [-0.2, -0.15) is 27.8 Å². The highest BCUT2D eigenvalue weighted by Gasteiger charge is 2.36. The Bertz CT molecular complexity index is 1010. The van der Waals surface area contributed by atoms with Gasteiger partial charge in [0.1, 0.15) is 12.2 Å². The fourth-order valence-electron chi connectivity index (χ4n) is 3.91. The molecule has 4 heterocycles. The van der Waals surface area contributed by atoms with Crippen molar-refractivity contribution in [2.45, 2.75) is 57.7 Å². The Morgan fingerprint density at radius 1 is 1.30 bits per heavy atom. The van der Waals surface area contributed by atoms with Gasteiger partial charge in [0, 0.05) is 25.4 Å². The van der Waals surface area contributed by atoms with Crippen LogP contribution in [-0.4, -0.2) is 47.5 Å². The molecule has 1 aliphatic rings. The lowest BCUT2D eigenvalue weighted by molar-refractivity contribution is -0.142. The van der Waals surface area contributed by atoms with Crippen LogP contribution in [0, 0.1) is 0 Å². The molecule has 7 nitrogen and oxygen atoms in total. The van der Waals surface area contributed by atoms with E-state index in [9.17, 15) is 13.2 Å². The first-order chi connectivity index (χ1) is 14.3. The van der Waals surface area contributed by atoms with Gasteiger partial charge in [0.2, 0.25) is 0 Å². The molecule has 0 aliphatic carbocycles. The van der Waals surface area contributed by atoms with Crippen LogP contribution in [0.4, 0.5) is 13.2 Å². The predicted molar refractivity (Wildman–Crippen MR) is 105 cm³/mol. The highest BCUT2D eigenvalue weighted by molar-refractivity contribution is 6.30. The molecule has 3 aromatic rings. The maximum atomic E-state index is 13.5. The summed E-state index contributed by atoms with van der Waals surface area (Å²) in [7, 11) is 0.